The van der Waals surface area contributed by atoms with Crippen LogP contribution in [-0.2, 0) is 0 Å². The van der Waals surface area contributed by atoms with Gasteiger partial charge in [0.15, 0.2) is 0 Å². The van der Waals surface area contributed by atoms with Crippen LogP contribution in [0.5, 0.6) is 0 Å². The molecule has 3 aromatic rings. The van der Waals surface area contributed by atoms with Crippen molar-refractivity contribution in [2.45, 2.75) is 20.8 Å². The molecule has 0 heterocycles. The molecule has 3 aromatic carbocycles. The van der Waals surface area contributed by atoms with Crippen LogP contribution in [0.25, 0.3) is 22.3 Å². The van der Waals surface area contributed by atoms with Crippen LogP contribution in [0.3, 0.4) is 0 Å². The largest absolute Gasteiger partial charge is 0.478 e. The smallest absolute Gasteiger partial charge is 0.335 e. The van der Waals surface area contributed by atoms with Gasteiger partial charge in [0.2, 0.25) is 0 Å². The zero-order chi connectivity index (χ0) is 19.7. The molecule has 0 bridgehead atoms. The van der Waals surface area contributed by atoms with Gasteiger partial charge in [0.05, 0.1) is 11.1 Å². The first-order valence-corrected chi connectivity index (χ1v) is 8.58. The van der Waals surface area contributed by atoms with Crippen molar-refractivity contribution in [3.63, 3.8) is 0 Å². The third-order valence-electron chi connectivity index (χ3n) is 4.88. The predicted octanol–water partition coefficient (Wildman–Crippen LogP) is 5.34. The van der Waals surface area contributed by atoms with E-state index in [4.69, 9.17) is 0 Å². The molecule has 4 heteroatoms. The SMILES string of the molecule is Cc1ccc(-c2cccc(C(=O)O)c2C)c(-c2cccc(C(=O)O)c2C)c1. The van der Waals surface area contributed by atoms with Crippen molar-refractivity contribution in [3.8, 4) is 22.3 Å². The molecule has 2 N–H and O–H groups in total. The minimum atomic E-state index is -0.966. The van der Waals surface area contributed by atoms with Gasteiger partial charge in [-0.25, -0.2) is 9.59 Å². The standard InChI is InChI=1S/C23H20O4/c1-13-10-11-20(16-6-4-8-18(14(16)2)22(24)25)21(12-13)17-7-5-9-19(15(17)3)23(26)27/h4-12H,1-3H3,(H,24,25)(H,26,27). The first kappa shape index (κ1) is 18.4. The molecule has 0 saturated heterocycles. The number of carboxylic acids is 2. The summed E-state index contributed by atoms with van der Waals surface area (Å²) in [6, 6.07) is 16.4. The molecule has 136 valence electrons. The van der Waals surface area contributed by atoms with E-state index in [0.29, 0.717) is 11.1 Å². The molecule has 0 atom stereocenters. The monoisotopic (exact) mass is 360 g/mol. The summed E-state index contributed by atoms with van der Waals surface area (Å²) >= 11 is 0. The fourth-order valence-electron chi connectivity index (χ4n) is 3.43. The van der Waals surface area contributed by atoms with E-state index in [9.17, 15) is 19.8 Å². The maximum Gasteiger partial charge on any atom is 0.335 e. The van der Waals surface area contributed by atoms with Crippen LogP contribution in [-0.4, -0.2) is 22.2 Å². The van der Waals surface area contributed by atoms with Crippen LogP contribution in [0.1, 0.15) is 37.4 Å². The average molecular weight is 360 g/mol. The van der Waals surface area contributed by atoms with E-state index in [-0.39, 0.29) is 11.1 Å². The van der Waals surface area contributed by atoms with Gasteiger partial charge >= 0.3 is 11.9 Å². The highest BCUT2D eigenvalue weighted by Crippen LogP contribution is 2.37. The molecule has 3 rings (SSSR count). The summed E-state index contributed by atoms with van der Waals surface area (Å²) in [7, 11) is 0. The molecule has 0 unspecified atom stereocenters. The zero-order valence-corrected chi connectivity index (χ0v) is 15.4. The van der Waals surface area contributed by atoms with Crippen LogP contribution in [0, 0.1) is 20.8 Å². The summed E-state index contributed by atoms with van der Waals surface area (Å²) in [6.07, 6.45) is 0. The Morgan fingerprint density at radius 3 is 1.59 bits per heavy atom. The molecule has 0 amide bonds. The Bertz CT molecular complexity index is 1060. The van der Waals surface area contributed by atoms with E-state index in [2.05, 4.69) is 0 Å². The van der Waals surface area contributed by atoms with Crippen molar-refractivity contribution in [2.75, 3.05) is 0 Å². The lowest BCUT2D eigenvalue weighted by Gasteiger charge is -2.17. The van der Waals surface area contributed by atoms with Gasteiger partial charge in [-0.1, -0.05) is 48.0 Å². The van der Waals surface area contributed by atoms with Crippen molar-refractivity contribution in [2.24, 2.45) is 0 Å². The molecule has 0 spiro atoms. The van der Waals surface area contributed by atoms with E-state index < -0.39 is 11.9 Å². The summed E-state index contributed by atoms with van der Waals surface area (Å²) in [5.74, 6) is -1.93. The number of hydrogen-bond acceptors (Lipinski definition) is 2. The number of aryl methyl sites for hydroxylation is 1. The van der Waals surface area contributed by atoms with E-state index in [1.165, 1.54) is 0 Å². The summed E-state index contributed by atoms with van der Waals surface area (Å²) in [5.41, 5.74) is 6.35. The summed E-state index contributed by atoms with van der Waals surface area (Å²) in [6.45, 7) is 5.57. The maximum atomic E-state index is 11.5. The topological polar surface area (TPSA) is 74.6 Å². The highest BCUT2D eigenvalue weighted by Gasteiger charge is 2.17. The average Bonchev–Trinajstić information content (AvgIpc) is 2.62. The molecule has 0 aromatic heterocycles. The first-order valence-electron chi connectivity index (χ1n) is 8.58. The van der Waals surface area contributed by atoms with Crippen molar-refractivity contribution < 1.29 is 19.8 Å². The molecule has 0 fully saturated rings. The Morgan fingerprint density at radius 2 is 1.11 bits per heavy atom. The van der Waals surface area contributed by atoms with Crippen molar-refractivity contribution in [3.05, 3.63) is 82.4 Å². The minimum Gasteiger partial charge on any atom is -0.478 e. The van der Waals surface area contributed by atoms with Gasteiger partial charge < -0.3 is 10.2 Å². The van der Waals surface area contributed by atoms with Gasteiger partial charge in [-0.05, 0) is 66.3 Å². The van der Waals surface area contributed by atoms with Crippen molar-refractivity contribution >= 4 is 11.9 Å². The number of aromatic carboxylic acids is 2. The van der Waals surface area contributed by atoms with Gasteiger partial charge in [0.1, 0.15) is 0 Å². The Labute approximate surface area is 157 Å². The second kappa shape index (κ2) is 7.08. The van der Waals surface area contributed by atoms with Gasteiger partial charge in [0.25, 0.3) is 0 Å². The van der Waals surface area contributed by atoms with Crippen LogP contribution in [0.4, 0.5) is 0 Å². The van der Waals surface area contributed by atoms with Gasteiger partial charge in [-0.2, -0.15) is 0 Å². The molecule has 4 nitrogen and oxygen atoms in total. The molecular weight excluding hydrogens is 340 g/mol. The van der Waals surface area contributed by atoms with E-state index in [1.54, 1.807) is 38.1 Å². The lowest BCUT2D eigenvalue weighted by atomic mass is 9.87. The Kier molecular flexibility index (Phi) is 4.82. The fourth-order valence-corrected chi connectivity index (χ4v) is 3.43. The molecule has 0 saturated carbocycles. The first-order chi connectivity index (χ1) is 12.8. The number of carboxylic acid groups (broad SMARTS) is 2. The molecule has 0 radical (unpaired) electrons. The summed E-state index contributed by atoms with van der Waals surface area (Å²) in [5, 5.41) is 18.9. The van der Waals surface area contributed by atoms with Crippen LogP contribution < -0.4 is 0 Å². The predicted molar refractivity (Wildman–Crippen MR) is 105 cm³/mol. The third kappa shape index (κ3) is 3.34. The maximum absolute atomic E-state index is 11.5. The summed E-state index contributed by atoms with van der Waals surface area (Å²) in [4.78, 5) is 23.1. The van der Waals surface area contributed by atoms with Crippen molar-refractivity contribution in [1.29, 1.82) is 0 Å². The molecule has 0 aliphatic carbocycles. The lowest BCUT2D eigenvalue weighted by Crippen LogP contribution is -2.03. The van der Waals surface area contributed by atoms with Crippen LogP contribution in [0.15, 0.2) is 54.6 Å². The van der Waals surface area contributed by atoms with Gasteiger partial charge in [-0.15, -0.1) is 0 Å². The third-order valence-corrected chi connectivity index (χ3v) is 4.88. The van der Waals surface area contributed by atoms with E-state index in [0.717, 1.165) is 27.8 Å². The van der Waals surface area contributed by atoms with E-state index in [1.807, 2.05) is 37.3 Å². The van der Waals surface area contributed by atoms with Crippen molar-refractivity contribution in [1.82, 2.24) is 0 Å². The van der Waals surface area contributed by atoms with Crippen LogP contribution >= 0.6 is 0 Å². The fraction of sp³-hybridized carbons (Fsp3) is 0.130. The number of hydrogen-bond donors (Lipinski definition) is 2. The lowest BCUT2D eigenvalue weighted by molar-refractivity contribution is 0.0685. The van der Waals surface area contributed by atoms with Gasteiger partial charge in [0, 0.05) is 0 Å². The molecule has 0 aliphatic rings. The Morgan fingerprint density at radius 1 is 0.630 bits per heavy atom. The minimum absolute atomic E-state index is 0.259. The van der Waals surface area contributed by atoms with E-state index >= 15 is 0 Å². The highest BCUT2D eigenvalue weighted by atomic mass is 16.4. The quantitative estimate of drug-likeness (QED) is 0.658. The second-order valence-corrected chi connectivity index (χ2v) is 6.62. The Balaban J connectivity index is 2.32. The van der Waals surface area contributed by atoms with Crippen LogP contribution in [0.2, 0.25) is 0 Å². The number of carbonyl (C=O) groups is 2. The summed E-state index contributed by atoms with van der Waals surface area (Å²) < 4.78 is 0. The number of rotatable bonds is 4. The molecule has 0 aliphatic heterocycles. The van der Waals surface area contributed by atoms with Gasteiger partial charge in [-0.3, -0.25) is 0 Å². The Hall–Kier alpha value is -3.40. The molecule has 27 heavy (non-hydrogen) atoms. The zero-order valence-electron chi connectivity index (χ0n) is 15.4. The normalized spacial score (nSPS) is 10.6. The number of benzene rings is 3. The highest BCUT2D eigenvalue weighted by molar-refractivity contribution is 5.96. The second-order valence-electron chi connectivity index (χ2n) is 6.62. The molecular formula is C23H20O4.